The Bertz CT molecular complexity index is 569. The molecule has 3 rings (SSSR count). The predicted octanol–water partition coefficient (Wildman–Crippen LogP) is 2.34. The molecule has 1 aliphatic heterocycles. The largest absolute Gasteiger partial charge is 0.424 e. The number of aryl methyl sites for hydroxylation is 1. The molecule has 1 fully saturated rings. The fraction of sp³-hybridized carbons (Fsp3) is 0.500. The highest BCUT2D eigenvalue weighted by Gasteiger charge is 2.24. The van der Waals surface area contributed by atoms with Crippen LogP contribution in [0.5, 0.6) is 0 Å². The summed E-state index contributed by atoms with van der Waals surface area (Å²) in [7, 11) is 2.12. The third kappa shape index (κ3) is 3.61. The lowest BCUT2D eigenvalue weighted by atomic mass is 10.1. The third-order valence-electron chi connectivity index (χ3n) is 3.95. The first-order chi connectivity index (χ1) is 10.2. The van der Waals surface area contributed by atoms with Crippen molar-refractivity contribution in [3.63, 3.8) is 0 Å². The number of rotatable bonds is 5. The highest BCUT2D eigenvalue weighted by atomic mass is 16.4. The molecule has 1 atom stereocenters. The predicted molar refractivity (Wildman–Crippen MR) is 82.1 cm³/mol. The molecular weight excluding hydrogens is 264 g/mol. The van der Waals surface area contributed by atoms with Gasteiger partial charge in [0.2, 0.25) is 11.8 Å². The van der Waals surface area contributed by atoms with Gasteiger partial charge in [-0.2, -0.15) is 0 Å². The zero-order chi connectivity index (χ0) is 14.7. The molecule has 0 amide bonds. The molecule has 0 spiro atoms. The van der Waals surface area contributed by atoms with Crippen LogP contribution in [0, 0.1) is 12.8 Å². The van der Waals surface area contributed by atoms with Crippen molar-refractivity contribution in [2.75, 3.05) is 31.6 Å². The number of para-hydroxylation sites is 1. The van der Waals surface area contributed by atoms with Gasteiger partial charge in [0, 0.05) is 32.2 Å². The molecule has 2 aromatic rings. The summed E-state index contributed by atoms with van der Waals surface area (Å²) >= 11 is 0. The third-order valence-corrected chi connectivity index (χ3v) is 3.95. The second-order valence-electron chi connectivity index (χ2n) is 5.85. The lowest BCUT2D eigenvalue weighted by Gasteiger charge is -2.21. The van der Waals surface area contributed by atoms with Crippen molar-refractivity contribution in [1.29, 1.82) is 0 Å². The summed E-state index contributed by atoms with van der Waals surface area (Å²) in [6, 6.07) is 10.7. The Morgan fingerprint density at radius 2 is 2.10 bits per heavy atom. The van der Waals surface area contributed by atoms with Crippen molar-refractivity contribution in [2.45, 2.75) is 19.9 Å². The minimum Gasteiger partial charge on any atom is -0.424 e. The van der Waals surface area contributed by atoms with Gasteiger partial charge in [-0.25, -0.2) is 0 Å². The van der Waals surface area contributed by atoms with Gasteiger partial charge in [-0.05, 0) is 31.5 Å². The van der Waals surface area contributed by atoms with E-state index in [-0.39, 0.29) is 0 Å². The van der Waals surface area contributed by atoms with Crippen molar-refractivity contribution in [3.05, 3.63) is 42.1 Å². The Kier molecular flexibility index (Phi) is 4.20. The Morgan fingerprint density at radius 1 is 1.29 bits per heavy atom. The van der Waals surface area contributed by atoms with Gasteiger partial charge in [0.1, 0.15) is 0 Å². The first kappa shape index (κ1) is 14.1. The quantitative estimate of drug-likeness (QED) is 0.844. The van der Waals surface area contributed by atoms with Crippen molar-refractivity contribution < 1.29 is 4.42 Å². The van der Waals surface area contributed by atoms with Gasteiger partial charge in [0.25, 0.3) is 0 Å². The Morgan fingerprint density at radius 3 is 2.81 bits per heavy atom. The molecule has 0 aliphatic carbocycles. The Hall–Kier alpha value is -1.88. The fourth-order valence-electron chi connectivity index (χ4n) is 2.99. The zero-order valence-electron chi connectivity index (χ0n) is 12.7. The van der Waals surface area contributed by atoms with Crippen LogP contribution in [-0.4, -0.2) is 41.8 Å². The smallest absolute Gasteiger partial charge is 0.230 e. The lowest BCUT2D eigenvalue weighted by Crippen LogP contribution is -2.28. The highest BCUT2D eigenvalue weighted by Crippen LogP contribution is 2.24. The summed E-state index contributed by atoms with van der Waals surface area (Å²) < 4.78 is 5.43. The molecule has 1 aliphatic rings. The van der Waals surface area contributed by atoms with Crippen LogP contribution in [0.3, 0.4) is 0 Å². The molecule has 1 aromatic heterocycles. The van der Waals surface area contributed by atoms with Gasteiger partial charge >= 0.3 is 0 Å². The number of hydrogen-bond donors (Lipinski definition) is 0. The molecular formula is C16H22N4O. The molecule has 1 unspecified atom stereocenters. The maximum atomic E-state index is 5.43. The SMILES string of the molecule is Cc1nnc(CN(C)CC2CCN(c3ccccc3)C2)o1. The molecule has 2 heterocycles. The van der Waals surface area contributed by atoms with Gasteiger partial charge in [0.15, 0.2) is 0 Å². The summed E-state index contributed by atoms with van der Waals surface area (Å²) in [5.74, 6) is 2.03. The van der Waals surface area contributed by atoms with Gasteiger partial charge in [-0.3, -0.25) is 4.90 Å². The van der Waals surface area contributed by atoms with E-state index in [4.69, 9.17) is 4.42 Å². The number of aromatic nitrogens is 2. The summed E-state index contributed by atoms with van der Waals surface area (Å²) in [5, 5.41) is 7.93. The van der Waals surface area contributed by atoms with E-state index in [2.05, 4.69) is 57.4 Å². The number of nitrogens with zero attached hydrogens (tertiary/aromatic N) is 4. The summed E-state index contributed by atoms with van der Waals surface area (Å²) in [6.07, 6.45) is 1.24. The Balaban J connectivity index is 1.50. The molecule has 0 N–H and O–H groups in total. The summed E-state index contributed by atoms with van der Waals surface area (Å²) in [4.78, 5) is 4.74. The zero-order valence-corrected chi connectivity index (χ0v) is 12.7. The van der Waals surface area contributed by atoms with Crippen molar-refractivity contribution >= 4 is 5.69 Å². The maximum Gasteiger partial charge on any atom is 0.230 e. The molecule has 1 saturated heterocycles. The molecule has 0 bridgehead atoms. The topological polar surface area (TPSA) is 45.4 Å². The standard InChI is InChI=1S/C16H22N4O/c1-13-17-18-16(21-13)12-19(2)10-14-8-9-20(11-14)15-6-4-3-5-7-15/h3-7,14H,8-12H2,1-2H3. The Labute approximate surface area is 125 Å². The first-order valence-electron chi connectivity index (χ1n) is 7.48. The van der Waals surface area contributed by atoms with Crippen LogP contribution in [0.25, 0.3) is 0 Å². The molecule has 1 aromatic carbocycles. The average molecular weight is 286 g/mol. The first-order valence-corrected chi connectivity index (χ1v) is 7.48. The van der Waals surface area contributed by atoms with E-state index in [1.165, 1.54) is 12.1 Å². The fourth-order valence-corrected chi connectivity index (χ4v) is 2.99. The molecule has 0 saturated carbocycles. The van der Waals surface area contributed by atoms with Crippen LogP contribution in [0.4, 0.5) is 5.69 Å². The van der Waals surface area contributed by atoms with Gasteiger partial charge in [-0.15, -0.1) is 10.2 Å². The summed E-state index contributed by atoms with van der Waals surface area (Å²) in [6.45, 7) is 5.87. The second kappa shape index (κ2) is 6.26. The normalized spacial score (nSPS) is 18.6. The molecule has 21 heavy (non-hydrogen) atoms. The van der Waals surface area contributed by atoms with Gasteiger partial charge in [0.05, 0.1) is 6.54 Å². The lowest BCUT2D eigenvalue weighted by molar-refractivity contribution is 0.251. The van der Waals surface area contributed by atoms with Crippen molar-refractivity contribution in [1.82, 2.24) is 15.1 Å². The van der Waals surface area contributed by atoms with E-state index in [0.29, 0.717) is 17.7 Å². The van der Waals surface area contributed by atoms with Crippen LogP contribution in [-0.2, 0) is 6.54 Å². The van der Waals surface area contributed by atoms with Crippen LogP contribution in [0.15, 0.2) is 34.7 Å². The molecule has 0 radical (unpaired) electrons. The number of anilines is 1. The van der Waals surface area contributed by atoms with Crippen molar-refractivity contribution in [3.8, 4) is 0 Å². The van der Waals surface area contributed by atoms with E-state index in [0.717, 1.165) is 26.2 Å². The minimum atomic E-state index is 0.634. The van der Waals surface area contributed by atoms with E-state index in [1.807, 2.05) is 6.92 Å². The van der Waals surface area contributed by atoms with Crippen LogP contribution in [0.2, 0.25) is 0 Å². The number of benzene rings is 1. The second-order valence-corrected chi connectivity index (χ2v) is 5.85. The maximum absolute atomic E-state index is 5.43. The molecule has 5 heteroatoms. The van der Waals surface area contributed by atoms with E-state index in [9.17, 15) is 0 Å². The monoisotopic (exact) mass is 286 g/mol. The average Bonchev–Trinajstić information content (AvgIpc) is 3.09. The van der Waals surface area contributed by atoms with E-state index >= 15 is 0 Å². The van der Waals surface area contributed by atoms with Crippen molar-refractivity contribution in [2.24, 2.45) is 5.92 Å². The molecule has 5 nitrogen and oxygen atoms in total. The summed E-state index contributed by atoms with van der Waals surface area (Å²) in [5.41, 5.74) is 1.33. The highest BCUT2D eigenvalue weighted by molar-refractivity contribution is 5.46. The number of hydrogen-bond acceptors (Lipinski definition) is 5. The van der Waals surface area contributed by atoms with Crippen LogP contribution >= 0.6 is 0 Å². The molecule has 112 valence electrons. The van der Waals surface area contributed by atoms with E-state index in [1.54, 1.807) is 0 Å². The van der Waals surface area contributed by atoms with E-state index < -0.39 is 0 Å². The van der Waals surface area contributed by atoms with Crippen LogP contribution in [0.1, 0.15) is 18.2 Å². The van der Waals surface area contributed by atoms with Gasteiger partial charge in [-0.1, -0.05) is 18.2 Å². The minimum absolute atomic E-state index is 0.634. The van der Waals surface area contributed by atoms with Gasteiger partial charge < -0.3 is 9.32 Å². The van der Waals surface area contributed by atoms with Crippen LogP contribution < -0.4 is 4.90 Å².